The van der Waals surface area contributed by atoms with E-state index in [1.54, 1.807) is 6.33 Å². The maximum atomic E-state index is 12.9. The van der Waals surface area contributed by atoms with Crippen LogP contribution >= 0.6 is 0 Å². The molecule has 1 amide bonds. The van der Waals surface area contributed by atoms with Crippen molar-refractivity contribution in [3.63, 3.8) is 0 Å². The summed E-state index contributed by atoms with van der Waals surface area (Å²) >= 11 is 0. The van der Waals surface area contributed by atoms with E-state index >= 15 is 0 Å². The lowest BCUT2D eigenvalue weighted by molar-refractivity contribution is -0.120. The molecule has 3 heterocycles. The molecule has 0 spiro atoms. The number of anilines is 3. The molecular formula is C23H29N7O. The van der Waals surface area contributed by atoms with Crippen molar-refractivity contribution in [1.29, 1.82) is 0 Å². The highest BCUT2D eigenvalue weighted by Gasteiger charge is 2.27. The molecule has 31 heavy (non-hydrogen) atoms. The predicted molar refractivity (Wildman–Crippen MR) is 123 cm³/mol. The van der Waals surface area contributed by atoms with Crippen LogP contribution in [0.2, 0.25) is 0 Å². The molecule has 1 aliphatic rings. The zero-order chi connectivity index (χ0) is 22.0. The van der Waals surface area contributed by atoms with Gasteiger partial charge in [-0.2, -0.15) is 5.10 Å². The minimum Gasteiger partial charge on any atom is -0.378 e. The van der Waals surface area contributed by atoms with E-state index in [1.165, 1.54) is 0 Å². The Balaban J connectivity index is 1.45. The summed E-state index contributed by atoms with van der Waals surface area (Å²) in [5, 5.41) is 7.58. The molecule has 1 saturated heterocycles. The molecule has 162 valence electrons. The number of amides is 1. The Morgan fingerprint density at radius 3 is 2.52 bits per heavy atom. The summed E-state index contributed by atoms with van der Waals surface area (Å²) < 4.78 is 1.83. The molecule has 1 N–H and O–H groups in total. The Kier molecular flexibility index (Phi) is 5.88. The second-order valence-corrected chi connectivity index (χ2v) is 8.29. The highest BCUT2D eigenvalue weighted by molar-refractivity contribution is 5.93. The Bertz CT molecular complexity index is 1060. The van der Waals surface area contributed by atoms with Gasteiger partial charge in [-0.05, 0) is 57.0 Å². The molecule has 1 fully saturated rings. The normalized spacial score (nSPS) is 16.3. The van der Waals surface area contributed by atoms with Gasteiger partial charge in [-0.3, -0.25) is 4.79 Å². The van der Waals surface area contributed by atoms with E-state index in [0.717, 1.165) is 53.8 Å². The number of carbonyl (C=O) groups is 1. The minimum atomic E-state index is -0.0885. The Labute approximate surface area is 182 Å². The van der Waals surface area contributed by atoms with Gasteiger partial charge in [-0.1, -0.05) is 0 Å². The molecule has 1 unspecified atom stereocenters. The number of rotatable bonds is 5. The van der Waals surface area contributed by atoms with Crippen LogP contribution in [0.5, 0.6) is 0 Å². The van der Waals surface area contributed by atoms with Gasteiger partial charge in [0.05, 0.1) is 11.6 Å². The van der Waals surface area contributed by atoms with Gasteiger partial charge >= 0.3 is 0 Å². The second-order valence-electron chi connectivity index (χ2n) is 8.29. The van der Waals surface area contributed by atoms with Gasteiger partial charge in [-0.25, -0.2) is 14.6 Å². The number of aryl methyl sites for hydroxylation is 2. The maximum absolute atomic E-state index is 12.9. The van der Waals surface area contributed by atoms with Crippen LogP contribution in [0.3, 0.4) is 0 Å². The largest absolute Gasteiger partial charge is 0.378 e. The van der Waals surface area contributed by atoms with E-state index in [4.69, 9.17) is 0 Å². The van der Waals surface area contributed by atoms with E-state index in [2.05, 4.69) is 25.3 Å². The van der Waals surface area contributed by atoms with Crippen LogP contribution in [0.4, 0.5) is 17.2 Å². The Morgan fingerprint density at radius 2 is 1.84 bits per heavy atom. The van der Waals surface area contributed by atoms with Crippen molar-refractivity contribution in [1.82, 2.24) is 19.7 Å². The van der Waals surface area contributed by atoms with E-state index in [0.29, 0.717) is 6.54 Å². The Hall–Kier alpha value is -3.42. The first kappa shape index (κ1) is 20.8. The van der Waals surface area contributed by atoms with E-state index in [-0.39, 0.29) is 11.8 Å². The van der Waals surface area contributed by atoms with Gasteiger partial charge in [0.1, 0.15) is 12.1 Å². The van der Waals surface area contributed by atoms with Crippen LogP contribution in [0.25, 0.3) is 5.82 Å². The molecule has 4 rings (SSSR count). The monoisotopic (exact) mass is 419 g/mol. The number of benzene rings is 1. The first-order valence-corrected chi connectivity index (χ1v) is 10.6. The van der Waals surface area contributed by atoms with Crippen LogP contribution in [0, 0.1) is 19.8 Å². The lowest BCUT2D eigenvalue weighted by Gasteiger charge is -2.33. The van der Waals surface area contributed by atoms with Crippen molar-refractivity contribution in [2.45, 2.75) is 26.7 Å². The molecule has 0 bridgehead atoms. The maximum Gasteiger partial charge on any atom is 0.229 e. The molecule has 8 nitrogen and oxygen atoms in total. The molecule has 8 heteroatoms. The third-order valence-electron chi connectivity index (χ3n) is 5.63. The summed E-state index contributed by atoms with van der Waals surface area (Å²) in [7, 11) is 4.00. The smallest absolute Gasteiger partial charge is 0.229 e. The van der Waals surface area contributed by atoms with Crippen molar-refractivity contribution in [3.05, 3.63) is 54.1 Å². The number of hydrogen-bond acceptors (Lipinski definition) is 6. The number of nitrogens with zero attached hydrogens (tertiary/aromatic N) is 6. The van der Waals surface area contributed by atoms with Gasteiger partial charge in [0.25, 0.3) is 0 Å². The highest BCUT2D eigenvalue weighted by Crippen LogP contribution is 2.24. The van der Waals surface area contributed by atoms with Gasteiger partial charge in [0, 0.05) is 50.3 Å². The average Bonchev–Trinajstić information content (AvgIpc) is 3.12. The molecule has 3 aromatic rings. The third-order valence-corrected chi connectivity index (χ3v) is 5.63. The van der Waals surface area contributed by atoms with E-state index in [9.17, 15) is 4.79 Å². The first-order chi connectivity index (χ1) is 14.9. The lowest BCUT2D eigenvalue weighted by Crippen LogP contribution is -2.41. The van der Waals surface area contributed by atoms with Crippen molar-refractivity contribution in [3.8, 4) is 5.82 Å². The summed E-state index contributed by atoms with van der Waals surface area (Å²) in [6.07, 6.45) is 3.38. The fraction of sp³-hybridized carbons (Fsp3) is 0.391. The highest BCUT2D eigenvalue weighted by atomic mass is 16.1. The Morgan fingerprint density at radius 1 is 1.10 bits per heavy atom. The standard InChI is InChI=1S/C23H29N7O/c1-16-12-17(2)30(27-16)22-13-21(24-15-25-22)29-11-5-6-18(14-29)23(31)26-19-7-9-20(10-8-19)28(3)4/h7-10,12-13,15,18H,5-6,11,14H2,1-4H3,(H,26,31). The third kappa shape index (κ3) is 4.68. The molecule has 1 aromatic carbocycles. The molecule has 0 saturated carbocycles. The predicted octanol–water partition coefficient (Wildman–Crippen LogP) is 3.20. The fourth-order valence-corrected chi connectivity index (χ4v) is 3.97. The zero-order valence-corrected chi connectivity index (χ0v) is 18.5. The molecule has 1 aliphatic heterocycles. The summed E-state index contributed by atoms with van der Waals surface area (Å²) in [6, 6.07) is 11.9. The van der Waals surface area contributed by atoms with Gasteiger partial charge in [0.15, 0.2) is 5.82 Å². The summed E-state index contributed by atoms with van der Waals surface area (Å²) in [6.45, 7) is 5.48. The first-order valence-electron chi connectivity index (χ1n) is 10.6. The SMILES string of the molecule is Cc1cc(C)n(-c2cc(N3CCCC(C(=O)Nc4ccc(N(C)C)cc4)C3)ncn2)n1. The van der Waals surface area contributed by atoms with Crippen LogP contribution in [0.1, 0.15) is 24.2 Å². The van der Waals surface area contributed by atoms with Gasteiger partial charge < -0.3 is 15.1 Å². The van der Waals surface area contributed by atoms with Crippen LogP contribution < -0.4 is 15.1 Å². The van der Waals surface area contributed by atoms with Crippen LogP contribution in [-0.2, 0) is 4.79 Å². The molecule has 0 aliphatic carbocycles. The van der Waals surface area contributed by atoms with Crippen molar-refractivity contribution >= 4 is 23.1 Å². The van der Waals surface area contributed by atoms with Crippen molar-refractivity contribution < 1.29 is 4.79 Å². The van der Waals surface area contributed by atoms with E-state index < -0.39 is 0 Å². The molecule has 0 radical (unpaired) electrons. The molecule has 2 aromatic heterocycles. The van der Waals surface area contributed by atoms with E-state index in [1.807, 2.05) is 73.9 Å². The van der Waals surface area contributed by atoms with Gasteiger partial charge in [-0.15, -0.1) is 0 Å². The minimum absolute atomic E-state index is 0.0510. The second kappa shape index (κ2) is 8.75. The molecule has 1 atom stereocenters. The van der Waals surface area contributed by atoms with Crippen molar-refractivity contribution in [2.75, 3.05) is 42.3 Å². The van der Waals surface area contributed by atoms with Crippen LogP contribution in [-0.4, -0.2) is 52.8 Å². The van der Waals surface area contributed by atoms with Crippen LogP contribution in [0.15, 0.2) is 42.7 Å². The number of piperidine rings is 1. The number of carbonyl (C=O) groups excluding carboxylic acids is 1. The topological polar surface area (TPSA) is 79.2 Å². The summed E-state index contributed by atoms with van der Waals surface area (Å²) in [4.78, 5) is 26.0. The zero-order valence-electron chi connectivity index (χ0n) is 18.5. The average molecular weight is 420 g/mol. The molecular weight excluding hydrogens is 390 g/mol. The number of hydrogen-bond donors (Lipinski definition) is 1. The fourth-order valence-electron chi connectivity index (χ4n) is 3.97. The number of aromatic nitrogens is 4. The lowest BCUT2D eigenvalue weighted by atomic mass is 9.97. The quantitative estimate of drug-likeness (QED) is 0.684. The number of nitrogens with one attached hydrogen (secondary N) is 1. The van der Waals surface area contributed by atoms with Gasteiger partial charge in [0.2, 0.25) is 5.91 Å². The summed E-state index contributed by atoms with van der Waals surface area (Å²) in [5.74, 6) is 1.53. The summed E-state index contributed by atoms with van der Waals surface area (Å²) in [5.41, 5.74) is 3.90. The van der Waals surface area contributed by atoms with Crippen molar-refractivity contribution in [2.24, 2.45) is 5.92 Å².